The van der Waals surface area contributed by atoms with Crippen LogP contribution in [-0.4, -0.2) is 24.1 Å². The SMILES string of the molecule is Brc1cncc2c1N1CCC[C@H]1CN2. The van der Waals surface area contributed by atoms with Gasteiger partial charge in [0.25, 0.3) is 0 Å². The molecule has 1 N–H and O–H groups in total. The number of fused-ring (bicyclic) bond motifs is 3. The molecule has 1 saturated heterocycles. The molecule has 0 aliphatic carbocycles. The number of halogens is 1. The fraction of sp³-hybridized carbons (Fsp3) is 0.500. The lowest BCUT2D eigenvalue weighted by Gasteiger charge is -2.34. The van der Waals surface area contributed by atoms with E-state index in [2.05, 4.69) is 31.1 Å². The summed E-state index contributed by atoms with van der Waals surface area (Å²) in [6, 6.07) is 0.682. The monoisotopic (exact) mass is 253 g/mol. The van der Waals surface area contributed by atoms with Gasteiger partial charge < -0.3 is 10.2 Å². The summed E-state index contributed by atoms with van der Waals surface area (Å²) < 4.78 is 1.11. The minimum absolute atomic E-state index is 0.682. The van der Waals surface area contributed by atoms with Gasteiger partial charge in [-0.05, 0) is 28.8 Å². The molecular formula is C10H12BrN3. The molecule has 2 aliphatic rings. The van der Waals surface area contributed by atoms with E-state index >= 15 is 0 Å². The lowest BCUT2D eigenvalue weighted by atomic mass is 10.1. The summed E-state index contributed by atoms with van der Waals surface area (Å²) in [7, 11) is 0. The van der Waals surface area contributed by atoms with Crippen LogP contribution >= 0.6 is 15.9 Å². The van der Waals surface area contributed by atoms with E-state index in [1.165, 1.54) is 25.1 Å². The quantitative estimate of drug-likeness (QED) is 0.769. The molecular weight excluding hydrogens is 242 g/mol. The predicted octanol–water partition coefficient (Wildman–Crippen LogP) is 2.24. The number of anilines is 2. The van der Waals surface area contributed by atoms with Crippen LogP contribution in [0.25, 0.3) is 0 Å². The van der Waals surface area contributed by atoms with Gasteiger partial charge in [0, 0.05) is 25.3 Å². The van der Waals surface area contributed by atoms with Crippen molar-refractivity contribution >= 4 is 27.3 Å². The van der Waals surface area contributed by atoms with Crippen LogP contribution in [0, 0.1) is 0 Å². The highest BCUT2D eigenvalue weighted by Crippen LogP contribution is 2.40. The van der Waals surface area contributed by atoms with Crippen molar-refractivity contribution < 1.29 is 0 Å². The molecule has 3 heterocycles. The lowest BCUT2D eigenvalue weighted by molar-refractivity contribution is 0.681. The molecule has 0 unspecified atom stereocenters. The van der Waals surface area contributed by atoms with Crippen LogP contribution in [-0.2, 0) is 0 Å². The van der Waals surface area contributed by atoms with Gasteiger partial charge in [0.15, 0.2) is 0 Å². The van der Waals surface area contributed by atoms with E-state index in [1.54, 1.807) is 0 Å². The van der Waals surface area contributed by atoms with Gasteiger partial charge in [-0.1, -0.05) is 0 Å². The van der Waals surface area contributed by atoms with Gasteiger partial charge in [-0.25, -0.2) is 0 Å². The molecule has 3 rings (SSSR count). The fourth-order valence-corrected chi connectivity index (χ4v) is 2.98. The smallest absolute Gasteiger partial charge is 0.0781 e. The van der Waals surface area contributed by atoms with Crippen molar-refractivity contribution in [3.8, 4) is 0 Å². The topological polar surface area (TPSA) is 28.2 Å². The molecule has 0 radical (unpaired) electrons. The number of pyridine rings is 1. The fourth-order valence-electron chi connectivity index (χ4n) is 2.42. The number of aromatic nitrogens is 1. The Balaban J connectivity index is 2.11. The summed E-state index contributed by atoms with van der Waals surface area (Å²) in [5.41, 5.74) is 2.46. The van der Waals surface area contributed by atoms with Crippen LogP contribution < -0.4 is 10.2 Å². The van der Waals surface area contributed by atoms with E-state index < -0.39 is 0 Å². The van der Waals surface area contributed by atoms with Crippen LogP contribution in [0.15, 0.2) is 16.9 Å². The van der Waals surface area contributed by atoms with Crippen LogP contribution in [0.3, 0.4) is 0 Å². The molecule has 14 heavy (non-hydrogen) atoms. The summed E-state index contributed by atoms with van der Waals surface area (Å²) in [4.78, 5) is 6.67. The third-order valence-electron chi connectivity index (χ3n) is 3.07. The normalized spacial score (nSPS) is 24.1. The molecule has 3 nitrogen and oxygen atoms in total. The summed E-state index contributed by atoms with van der Waals surface area (Å²) in [6.07, 6.45) is 6.40. The Bertz CT molecular complexity index is 366. The second kappa shape index (κ2) is 3.12. The highest BCUT2D eigenvalue weighted by Gasteiger charge is 2.31. The number of hydrogen-bond donors (Lipinski definition) is 1. The second-order valence-corrected chi connectivity index (χ2v) is 4.74. The van der Waals surface area contributed by atoms with Crippen LogP contribution in [0.1, 0.15) is 12.8 Å². The second-order valence-electron chi connectivity index (χ2n) is 3.89. The van der Waals surface area contributed by atoms with Gasteiger partial charge in [-0.2, -0.15) is 0 Å². The molecule has 1 atom stereocenters. The zero-order valence-corrected chi connectivity index (χ0v) is 9.42. The van der Waals surface area contributed by atoms with Crippen LogP contribution in [0.2, 0.25) is 0 Å². The van der Waals surface area contributed by atoms with Gasteiger partial charge >= 0.3 is 0 Å². The molecule has 2 aliphatic heterocycles. The van der Waals surface area contributed by atoms with E-state index in [4.69, 9.17) is 0 Å². The first-order valence-corrected chi connectivity index (χ1v) is 5.79. The molecule has 0 bridgehead atoms. The van der Waals surface area contributed by atoms with Gasteiger partial charge in [0.2, 0.25) is 0 Å². The third kappa shape index (κ3) is 1.13. The largest absolute Gasteiger partial charge is 0.380 e. The third-order valence-corrected chi connectivity index (χ3v) is 3.65. The maximum Gasteiger partial charge on any atom is 0.0781 e. The maximum atomic E-state index is 4.18. The molecule has 74 valence electrons. The Kier molecular flexibility index (Phi) is 1.90. The highest BCUT2D eigenvalue weighted by atomic mass is 79.9. The van der Waals surface area contributed by atoms with Gasteiger partial charge in [0.05, 0.1) is 22.0 Å². The first-order chi connectivity index (χ1) is 6.86. The van der Waals surface area contributed by atoms with E-state index in [0.717, 1.165) is 16.7 Å². The predicted molar refractivity (Wildman–Crippen MR) is 60.8 cm³/mol. The Morgan fingerprint density at radius 1 is 1.50 bits per heavy atom. The summed E-state index contributed by atoms with van der Waals surface area (Å²) in [6.45, 7) is 2.24. The average Bonchev–Trinajstić information content (AvgIpc) is 2.65. The summed E-state index contributed by atoms with van der Waals surface area (Å²) >= 11 is 3.57. The average molecular weight is 254 g/mol. The zero-order valence-electron chi connectivity index (χ0n) is 7.83. The summed E-state index contributed by atoms with van der Waals surface area (Å²) in [5.74, 6) is 0. The first-order valence-electron chi connectivity index (χ1n) is 5.00. The van der Waals surface area contributed by atoms with Gasteiger partial charge in [-0.3, -0.25) is 4.98 Å². The highest BCUT2D eigenvalue weighted by molar-refractivity contribution is 9.10. The van der Waals surface area contributed by atoms with E-state index in [1.807, 2.05) is 12.4 Å². The van der Waals surface area contributed by atoms with Crippen molar-refractivity contribution in [3.05, 3.63) is 16.9 Å². The first kappa shape index (κ1) is 8.53. The number of hydrogen-bond acceptors (Lipinski definition) is 3. The zero-order chi connectivity index (χ0) is 9.54. The van der Waals surface area contributed by atoms with E-state index in [-0.39, 0.29) is 0 Å². The number of nitrogens with one attached hydrogen (secondary N) is 1. The minimum atomic E-state index is 0.682. The van der Waals surface area contributed by atoms with Crippen molar-refractivity contribution in [1.82, 2.24) is 4.98 Å². The van der Waals surface area contributed by atoms with Gasteiger partial charge in [-0.15, -0.1) is 0 Å². The Morgan fingerprint density at radius 2 is 2.43 bits per heavy atom. The number of rotatable bonds is 0. The molecule has 0 spiro atoms. The standard InChI is InChI=1S/C10H12BrN3/c11-8-5-12-6-9-10(8)14-3-1-2-7(14)4-13-9/h5-7,13H,1-4H2/t7-/m0/s1. The Labute approximate surface area is 91.6 Å². The van der Waals surface area contributed by atoms with Crippen molar-refractivity contribution in [1.29, 1.82) is 0 Å². The maximum absolute atomic E-state index is 4.18. The molecule has 1 aromatic rings. The van der Waals surface area contributed by atoms with Crippen molar-refractivity contribution in [3.63, 3.8) is 0 Å². The molecule has 0 saturated carbocycles. The van der Waals surface area contributed by atoms with Crippen molar-refractivity contribution in [2.45, 2.75) is 18.9 Å². The Hall–Kier alpha value is -0.770. The molecule has 1 aromatic heterocycles. The van der Waals surface area contributed by atoms with Crippen LogP contribution in [0.4, 0.5) is 11.4 Å². The van der Waals surface area contributed by atoms with Crippen molar-refractivity contribution in [2.75, 3.05) is 23.3 Å². The van der Waals surface area contributed by atoms with Crippen LogP contribution in [0.5, 0.6) is 0 Å². The number of nitrogens with zero attached hydrogens (tertiary/aromatic N) is 2. The van der Waals surface area contributed by atoms with E-state index in [9.17, 15) is 0 Å². The molecule has 4 heteroatoms. The Morgan fingerprint density at radius 3 is 3.36 bits per heavy atom. The summed E-state index contributed by atoms with van der Waals surface area (Å²) in [5, 5.41) is 3.44. The molecule has 0 aromatic carbocycles. The lowest BCUT2D eigenvalue weighted by Crippen LogP contribution is -2.39. The van der Waals surface area contributed by atoms with Gasteiger partial charge in [0.1, 0.15) is 0 Å². The minimum Gasteiger partial charge on any atom is -0.380 e. The van der Waals surface area contributed by atoms with E-state index in [0.29, 0.717) is 6.04 Å². The molecule has 0 amide bonds. The van der Waals surface area contributed by atoms with Crippen molar-refractivity contribution in [2.24, 2.45) is 0 Å². The molecule has 1 fully saturated rings.